The number of benzene rings is 1. The van der Waals surface area contributed by atoms with Gasteiger partial charge in [0.05, 0.1) is 17.3 Å². The van der Waals surface area contributed by atoms with Gasteiger partial charge in [0.2, 0.25) is 5.91 Å². The van der Waals surface area contributed by atoms with Crippen molar-refractivity contribution in [2.75, 3.05) is 11.9 Å². The standard InChI is InChI=1S/C16H22ClNO3/c1-6-21-15(20)12(16(3,4)5)14(19)18-13-10(2)8-7-9-11(13)17/h7-9,12H,6H2,1-5H3,(H,18,19). The highest BCUT2D eigenvalue weighted by molar-refractivity contribution is 6.34. The minimum absolute atomic E-state index is 0.240. The summed E-state index contributed by atoms with van der Waals surface area (Å²) in [5, 5.41) is 3.20. The van der Waals surface area contributed by atoms with E-state index >= 15 is 0 Å². The van der Waals surface area contributed by atoms with E-state index in [1.165, 1.54) is 0 Å². The van der Waals surface area contributed by atoms with Crippen LogP contribution in [0.4, 0.5) is 5.69 Å². The predicted octanol–water partition coefficient (Wildman–Crippen LogP) is 3.81. The minimum Gasteiger partial charge on any atom is -0.465 e. The Kier molecular flexibility index (Phi) is 5.78. The van der Waals surface area contributed by atoms with Crippen LogP contribution >= 0.6 is 11.6 Å². The van der Waals surface area contributed by atoms with Crippen LogP contribution in [-0.4, -0.2) is 18.5 Å². The lowest BCUT2D eigenvalue weighted by atomic mass is 9.80. The summed E-state index contributed by atoms with van der Waals surface area (Å²) in [6.45, 7) is 9.28. The number of halogens is 1. The monoisotopic (exact) mass is 311 g/mol. The minimum atomic E-state index is -0.895. The van der Waals surface area contributed by atoms with E-state index in [2.05, 4.69) is 5.32 Å². The third-order valence-electron chi connectivity index (χ3n) is 3.12. The Balaban J connectivity index is 3.05. The fourth-order valence-corrected chi connectivity index (χ4v) is 2.33. The van der Waals surface area contributed by atoms with Gasteiger partial charge in [-0.05, 0) is 30.9 Å². The summed E-state index contributed by atoms with van der Waals surface area (Å²) < 4.78 is 5.02. The molecule has 1 aromatic carbocycles. The summed E-state index contributed by atoms with van der Waals surface area (Å²) in [5.41, 5.74) is 0.820. The number of carbonyl (C=O) groups is 2. The number of para-hydroxylation sites is 1. The molecule has 0 fully saturated rings. The first-order valence-electron chi connectivity index (χ1n) is 6.91. The second-order valence-electron chi connectivity index (χ2n) is 5.97. The van der Waals surface area contributed by atoms with Crippen molar-refractivity contribution in [1.82, 2.24) is 0 Å². The maximum Gasteiger partial charge on any atom is 0.319 e. The van der Waals surface area contributed by atoms with Gasteiger partial charge in [-0.2, -0.15) is 0 Å². The second-order valence-corrected chi connectivity index (χ2v) is 6.38. The molecule has 0 spiro atoms. The molecule has 0 aliphatic rings. The number of nitrogens with one attached hydrogen (secondary N) is 1. The zero-order valence-corrected chi connectivity index (χ0v) is 13.9. The van der Waals surface area contributed by atoms with Gasteiger partial charge in [-0.25, -0.2) is 0 Å². The van der Waals surface area contributed by atoms with Crippen LogP contribution in [0.5, 0.6) is 0 Å². The van der Waals surface area contributed by atoms with Crippen LogP contribution in [0.2, 0.25) is 5.02 Å². The highest BCUT2D eigenvalue weighted by atomic mass is 35.5. The number of anilines is 1. The molecule has 0 heterocycles. The van der Waals surface area contributed by atoms with Crippen LogP contribution in [0.25, 0.3) is 0 Å². The van der Waals surface area contributed by atoms with Crippen LogP contribution in [0.15, 0.2) is 18.2 Å². The molecule has 21 heavy (non-hydrogen) atoms. The predicted molar refractivity (Wildman–Crippen MR) is 84.4 cm³/mol. The summed E-state index contributed by atoms with van der Waals surface area (Å²) in [6.07, 6.45) is 0. The first-order chi connectivity index (χ1) is 9.68. The average Bonchev–Trinajstić information content (AvgIpc) is 2.32. The molecule has 0 saturated heterocycles. The van der Waals surface area contributed by atoms with E-state index in [4.69, 9.17) is 16.3 Å². The molecule has 0 saturated carbocycles. The molecule has 1 amide bonds. The van der Waals surface area contributed by atoms with Gasteiger partial charge in [0.25, 0.3) is 0 Å². The third-order valence-corrected chi connectivity index (χ3v) is 3.44. The number of ether oxygens (including phenoxy) is 1. The van der Waals surface area contributed by atoms with Crippen LogP contribution in [-0.2, 0) is 14.3 Å². The molecule has 0 aliphatic carbocycles. The van der Waals surface area contributed by atoms with E-state index in [1.54, 1.807) is 19.1 Å². The van der Waals surface area contributed by atoms with Crippen molar-refractivity contribution in [2.45, 2.75) is 34.6 Å². The Morgan fingerprint density at radius 3 is 2.43 bits per heavy atom. The zero-order valence-electron chi connectivity index (χ0n) is 13.1. The van der Waals surface area contributed by atoms with Crippen LogP contribution in [0.1, 0.15) is 33.3 Å². The van der Waals surface area contributed by atoms with Crippen molar-refractivity contribution in [1.29, 1.82) is 0 Å². The molecule has 0 aromatic heterocycles. The quantitative estimate of drug-likeness (QED) is 0.679. The molecule has 0 bridgehead atoms. The lowest BCUT2D eigenvalue weighted by molar-refractivity contribution is -0.155. The van der Waals surface area contributed by atoms with Crippen molar-refractivity contribution < 1.29 is 14.3 Å². The van der Waals surface area contributed by atoms with Gasteiger partial charge in [0.1, 0.15) is 5.92 Å². The van der Waals surface area contributed by atoms with Gasteiger partial charge in [-0.3, -0.25) is 9.59 Å². The van der Waals surface area contributed by atoms with E-state index in [1.807, 2.05) is 33.8 Å². The van der Waals surface area contributed by atoms with E-state index in [-0.39, 0.29) is 6.61 Å². The summed E-state index contributed by atoms with van der Waals surface area (Å²) >= 11 is 6.10. The van der Waals surface area contributed by atoms with Crippen LogP contribution in [0, 0.1) is 18.3 Å². The molecule has 1 N–H and O–H groups in total. The first-order valence-corrected chi connectivity index (χ1v) is 7.29. The van der Waals surface area contributed by atoms with Gasteiger partial charge in [0, 0.05) is 0 Å². The van der Waals surface area contributed by atoms with Gasteiger partial charge in [0.15, 0.2) is 0 Å². The van der Waals surface area contributed by atoms with E-state index in [9.17, 15) is 9.59 Å². The maximum absolute atomic E-state index is 12.5. The lowest BCUT2D eigenvalue weighted by Crippen LogP contribution is -2.40. The van der Waals surface area contributed by atoms with Gasteiger partial charge >= 0.3 is 5.97 Å². The summed E-state index contributed by atoms with van der Waals surface area (Å²) in [6, 6.07) is 5.35. The highest BCUT2D eigenvalue weighted by Crippen LogP contribution is 2.31. The molecule has 5 heteroatoms. The molecule has 1 rings (SSSR count). The van der Waals surface area contributed by atoms with Gasteiger partial charge < -0.3 is 10.1 Å². The number of carbonyl (C=O) groups excluding carboxylic acids is 2. The van der Waals surface area contributed by atoms with E-state index in [0.717, 1.165) is 5.56 Å². The zero-order chi connectivity index (χ0) is 16.2. The van der Waals surface area contributed by atoms with Crippen molar-refractivity contribution in [3.05, 3.63) is 28.8 Å². The summed E-state index contributed by atoms with van der Waals surface area (Å²) in [5.74, 6) is -1.82. The van der Waals surface area contributed by atoms with Crippen molar-refractivity contribution in [3.63, 3.8) is 0 Å². The topological polar surface area (TPSA) is 55.4 Å². The molecular weight excluding hydrogens is 290 g/mol. The van der Waals surface area contributed by atoms with E-state index < -0.39 is 23.2 Å². The number of esters is 1. The molecular formula is C16H22ClNO3. The van der Waals surface area contributed by atoms with Crippen molar-refractivity contribution in [2.24, 2.45) is 11.3 Å². The Morgan fingerprint density at radius 2 is 1.95 bits per heavy atom. The summed E-state index contributed by atoms with van der Waals surface area (Å²) in [7, 11) is 0. The Labute approximate surface area is 130 Å². The number of hydrogen-bond donors (Lipinski definition) is 1. The van der Waals surface area contributed by atoms with Gasteiger partial charge in [-0.1, -0.05) is 44.5 Å². The lowest BCUT2D eigenvalue weighted by Gasteiger charge is -2.28. The van der Waals surface area contributed by atoms with Crippen molar-refractivity contribution >= 4 is 29.2 Å². The number of aryl methyl sites for hydroxylation is 1. The molecule has 1 unspecified atom stereocenters. The molecule has 116 valence electrons. The van der Waals surface area contributed by atoms with Crippen molar-refractivity contribution in [3.8, 4) is 0 Å². The fraction of sp³-hybridized carbons (Fsp3) is 0.500. The fourth-order valence-electron chi connectivity index (χ4n) is 2.07. The first kappa shape index (κ1) is 17.5. The van der Waals surface area contributed by atoms with Crippen LogP contribution in [0.3, 0.4) is 0 Å². The normalized spacial score (nSPS) is 12.7. The Bertz CT molecular complexity index is 515. The number of amides is 1. The molecule has 4 nitrogen and oxygen atoms in total. The van der Waals surface area contributed by atoms with E-state index in [0.29, 0.717) is 10.7 Å². The maximum atomic E-state index is 12.5. The molecule has 1 aromatic rings. The molecule has 0 radical (unpaired) electrons. The highest BCUT2D eigenvalue weighted by Gasteiger charge is 2.39. The average molecular weight is 312 g/mol. The van der Waals surface area contributed by atoms with Crippen LogP contribution < -0.4 is 5.32 Å². The smallest absolute Gasteiger partial charge is 0.319 e. The molecule has 0 aliphatic heterocycles. The second kappa shape index (κ2) is 6.94. The Hall–Kier alpha value is -1.55. The largest absolute Gasteiger partial charge is 0.465 e. The Morgan fingerprint density at radius 1 is 1.33 bits per heavy atom. The van der Waals surface area contributed by atoms with Gasteiger partial charge in [-0.15, -0.1) is 0 Å². The number of rotatable bonds is 4. The SMILES string of the molecule is CCOC(=O)C(C(=O)Nc1c(C)cccc1Cl)C(C)(C)C. The summed E-state index contributed by atoms with van der Waals surface area (Å²) in [4.78, 5) is 24.6. The third kappa shape index (κ3) is 4.46. The molecule has 1 atom stereocenters. The number of hydrogen-bond acceptors (Lipinski definition) is 3.